The highest BCUT2D eigenvalue weighted by Crippen LogP contribution is 2.39. The number of ether oxygens (including phenoxy) is 1. The van der Waals surface area contributed by atoms with Crippen LogP contribution < -0.4 is 20.3 Å². The maximum atomic E-state index is 13.5. The van der Waals surface area contributed by atoms with Crippen LogP contribution >= 0.6 is 0 Å². The molecule has 3 unspecified atom stereocenters. The van der Waals surface area contributed by atoms with E-state index in [2.05, 4.69) is 22.1 Å². The molecule has 1 aliphatic rings. The zero-order valence-corrected chi connectivity index (χ0v) is 19.2. The van der Waals surface area contributed by atoms with Gasteiger partial charge >= 0.3 is 0 Å². The molecule has 0 spiro atoms. The number of methoxy groups -OCH3 is 1. The third-order valence-corrected chi connectivity index (χ3v) is 5.80. The summed E-state index contributed by atoms with van der Waals surface area (Å²) in [7, 11) is 3.66. The molecule has 1 aromatic carbocycles. The van der Waals surface area contributed by atoms with Gasteiger partial charge in [0, 0.05) is 37.7 Å². The Bertz CT molecular complexity index is 754. The molecule has 6 nitrogen and oxygen atoms in total. The van der Waals surface area contributed by atoms with Crippen LogP contribution in [0.2, 0.25) is 0 Å². The van der Waals surface area contributed by atoms with Crippen LogP contribution in [-0.2, 0) is 9.59 Å². The van der Waals surface area contributed by atoms with Crippen molar-refractivity contribution >= 4 is 17.5 Å². The zero-order chi connectivity index (χ0) is 22.5. The Labute approximate surface area is 181 Å². The first-order chi connectivity index (χ1) is 14.0. The molecule has 1 saturated carbocycles. The molecule has 1 aromatic rings. The number of hydrogen-bond donors (Lipinski definition) is 2. The second-order valence-electron chi connectivity index (χ2n) is 9.41. The summed E-state index contributed by atoms with van der Waals surface area (Å²) in [6.07, 6.45) is 4.24. The van der Waals surface area contributed by atoms with Gasteiger partial charge in [-0.3, -0.25) is 9.59 Å². The Morgan fingerprint density at radius 1 is 1.27 bits per heavy atom. The minimum atomic E-state index is -0.975. The van der Waals surface area contributed by atoms with Gasteiger partial charge in [-0.25, -0.2) is 0 Å². The molecule has 0 heterocycles. The summed E-state index contributed by atoms with van der Waals surface area (Å²) >= 11 is 0. The molecule has 0 bridgehead atoms. The number of benzene rings is 1. The van der Waals surface area contributed by atoms with E-state index in [1.165, 1.54) is 6.92 Å². The van der Waals surface area contributed by atoms with Crippen molar-refractivity contribution in [2.24, 2.45) is 11.8 Å². The maximum Gasteiger partial charge on any atom is 0.246 e. The van der Waals surface area contributed by atoms with E-state index < -0.39 is 11.1 Å². The summed E-state index contributed by atoms with van der Waals surface area (Å²) in [5.41, 5.74) is -0.331. The minimum absolute atomic E-state index is 0.0351. The number of hydrogen-bond acceptors (Lipinski definition) is 4. The fourth-order valence-corrected chi connectivity index (χ4v) is 4.32. The van der Waals surface area contributed by atoms with E-state index in [1.807, 2.05) is 58.2 Å². The van der Waals surface area contributed by atoms with Gasteiger partial charge in [0.25, 0.3) is 0 Å². The summed E-state index contributed by atoms with van der Waals surface area (Å²) in [5, 5.41) is 6.18. The molecule has 2 amide bonds. The highest BCUT2D eigenvalue weighted by atomic mass is 16.5. The number of carbonyl (C=O) groups is 2. The van der Waals surface area contributed by atoms with Gasteiger partial charge in [-0.2, -0.15) is 0 Å². The molecule has 0 aliphatic heterocycles. The Morgan fingerprint density at radius 2 is 1.90 bits per heavy atom. The van der Waals surface area contributed by atoms with Crippen molar-refractivity contribution in [1.29, 1.82) is 0 Å². The SMILES string of the molecule is C=CC1CCC(CN(C)c2ccc(OC)cc2)C(NC(C)=O)(C(=O)NC(C)(C)C)C1. The van der Waals surface area contributed by atoms with E-state index >= 15 is 0 Å². The van der Waals surface area contributed by atoms with Crippen molar-refractivity contribution in [3.63, 3.8) is 0 Å². The van der Waals surface area contributed by atoms with Gasteiger partial charge in [0.15, 0.2) is 0 Å². The average Bonchev–Trinajstić information content (AvgIpc) is 2.67. The van der Waals surface area contributed by atoms with E-state index in [9.17, 15) is 9.59 Å². The van der Waals surface area contributed by atoms with Gasteiger partial charge in [-0.15, -0.1) is 6.58 Å². The lowest BCUT2D eigenvalue weighted by molar-refractivity contribution is -0.138. The molecule has 1 aliphatic carbocycles. The van der Waals surface area contributed by atoms with Crippen LogP contribution in [0.25, 0.3) is 0 Å². The molecular weight excluding hydrogens is 378 g/mol. The standard InChI is InChI=1S/C24H37N3O3/c1-8-18-9-10-19(16-27(6)20-11-13-21(30-7)14-12-20)24(15-18,25-17(2)28)22(29)26-23(3,4)5/h8,11-14,18-19H,1,9-10,15-16H2,2-7H3,(H,25,28)(H,26,29). The fourth-order valence-electron chi connectivity index (χ4n) is 4.32. The molecule has 30 heavy (non-hydrogen) atoms. The molecule has 2 rings (SSSR count). The highest BCUT2D eigenvalue weighted by Gasteiger charge is 2.50. The van der Waals surface area contributed by atoms with Crippen LogP contribution in [0.15, 0.2) is 36.9 Å². The smallest absolute Gasteiger partial charge is 0.246 e. The van der Waals surface area contributed by atoms with Crippen molar-refractivity contribution in [3.05, 3.63) is 36.9 Å². The van der Waals surface area contributed by atoms with Crippen LogP contribution in [0.3, 0.4) is 0 Å². The van der Waals surface area contributed by atoms with Crippen molar-refractivity contribution in [3.8, 4) is 5.75 Å². The van der Waals surface area contributed by atoms with Gasteiger partial charge in [0.1, 0.15) is 11.3 Å². The Balaban J connectivity index is 2.37. The number of nitrogens with zero attached hydrogens (tertiary/aromatic N) is 1. The average molecular weight is 416 g/mol. The van der Waals surface area contributed by atoms with E-state index in [4.69, 9.17) is 4.74 Å². The number of allylic oxidation sites excluding steroid dienone is 1. The highest BCUT2D eigenvalue weighted by molar-refractivity contribution is 5.92. The van der Waals surface area contributed by atoms with Crippen molar-refractivity contribution in [2.45, 2.75) is 58.0 Å². The summed E-state index contributed by atoms with van der Waals surface area (Å²) in [6, 6.07) is 7.86. The first kappa shape index (κ1) is 23.8. The van der Waals surface area contributed by atoms with Crippen LogP contribution in [0.1, 0.15) is 47.0 Å². The quantitative estimate of drug-likeness (QED) is 0.669. The van der Waals surface area contributed by atoms with E-state index in [-0.39, 0.29) is 23.7 Å². The molecule has 6 heteroatoms. The van der Waals surface area contributed by atoms with Gasteiger partial charge in [0.05, 0.1) is 7.11 Å². The largest absolute Gasteiger partial charge is 0.497 e. The third kappa shape index (κ3) is 5.77. The molecular formula is C24H37N3O3. The number of anilines is 1. The Kier molecular flexibility index (Phi) is 7.56. The van der Waals surface area contributed by atoms with Crippen LogP contribution in [0.4, 0.5) is 5.69 Å². The summed E-state index contributed by atoms with van der Waals surface area (Å²) in [6.45, 7) is 11.9. The molecule has 0 aromatic heterocycles. The van der Waals surface area contributed by atoms with Crippen molar-refractivity contribution in [2.75, 3.05) is 25.6 Å². The molecule has 2 N–H and O–H groups in total. The second kappa shape index (κ2) is 9.54. The van der Waals surface area contributed by atoms with Crippen LogP contribution in [0.5, 0.6) is 5.75 Å². The van der Waals surface area contributed by atoms with Gasteiger partial charge in [-0.1, -0.05) is 6.08 Å². The topological polar surface area (TPSA) is 70.7 Å². The Morgan fingerprint density at radius 3 is 2.40 bits per heavy atom. The lowest BCUT2D eigenvalue weighted by Gasteiger charge is -2.47. The van der Waals surface area contributed by atoms with Crippen molar-refractivity contribution in [1.82, 2.24) is 10.6 Å². The lowest BCUT2D eigenvalue weighted by atomic mass is 9.67. The summed E-state index contributed by atoms with van der Waals surface area (Å²) < 4.78 is 5.25. The third-order valence-electron chi connectivity index (χ3n) is 5.80. The van der Waals surface area contributed by atoms with Gasteiger partial charge in [0.2, 0.25) is 11.8 Å². The molecule has 1 fully saturated rings. The summed E-state index contributed by atoms with van der Waals surface area (Å²) in [5.74, 6) is 0.638. The second-order valence-corrected chi connectivity index (χ2v) is 9.41. The monoisotopic (exact) mass is 415 g/mol. The molecule has 0 radical (unpaired) electrons. The predicted octanol–water partition coefficient (Wildman–Crippen LogP) is 3.52. The fraction of sp³-hybridized carbons (Fsp3) is 0.583. The number of nitrogens with one attached hydrogen (secondary N) is 2. The van der Waals surface area contributed by atoms with E-state index in [0.717, 1.165) is 24.3 Å². The van der Waals surface area contributed by atoms with Gasteiger partial charge in [-0.05, 0) is 70.2 Å². The normalized spacial score (nSPS) is 23.9. The number of rotatable bonds is 7. The molecule has 166 valence electrons. The first-order valence-electron chi connectivity index (χ1n) is 10.6. The van der Waals surface area contributed by atoms with Crippen molar-refractivity contribution < 1.29 is 14.3 Å². The summed E-state index contributed by atoms with van der Waals surface area (Å²) in [4.78, 5) is 27.9. The predicted molar refractivity (Wildman–Crippen MR) is 122 cm³/mol. The maximum absolute atomic E-state index is 13.5. The minimum Gasteiger partial charge on any atom is -0.497 e. The Hall–Kier alpha value is -2.50. The molecule has 3 atom stereocenters. The number of carbonyl (C=O) groups excluding carboxylic acids is 2. The lowest BCUT2D eigenvalue weighted by Crippen LogP contribution is -2.68. The number of amides is 2. The first-order valence-corrected chi connectivity index (χ1v) is 10.6. The van der Waals surface area contributed by atoms with E-state index in [1.54, 1.807) is 7.11 Å². The molecule has 0 saturated heterocycles. The zero-order valence-electron chi connectivity index (χ0n) is 19.2. The van der Waals surface area contributed by atoms with Crippen LogP contribution in [0, 0.1) is 11.8 Å². The van der Waals surface area contributed by atoms with E-state index in [0.29, 0.717) is 13.0 Å². The van der Waals surface area contributed by atoms with Crippen LogP contribution in [-0.4, -0.2) is 43.6 Å². The van der Waals surface area contributed by atoms with Gasteiger partial charge < -0.3 is 20.3 Å².